The summed E-state index contributed by atoms with van der Waals surface area (Å²) in [6.07, 6.45) is 3.77. The summed E-state index contributed by atoms with van der Waals surface area (Å²) in [7, 11) is 1.56. The van der Waals surface area contributed by atoms with Gasteiger partial charge < -0.3 is 15.0 Å². The fourth-order valence-corrected chi connectivity index (χ4v) is 3.52. The van der Waals surface area contributed by atoms with Crippen LogP contribution in [0.3, 0.4) is 0 Å². The third-order valence-corrected chi connectivity index (χ3v) is 4.76. The maximum absolute atomic E-state index is 11.8. The highest BCUT2D eigenvalue weighted by Crippen LogP contribution is 2.28. The molecule has 0 aromatic carbocycles. The molecule has 2 aromatic heterocycles. The van der Waals surface area contributed by atoms with Gasteiger partial charge in [-0.25, -0.2) is 0 Å². The second-order valence-corrected chi connectivity index (χ2v) is 6.14. The van der Waals surface area contributed by atoms with Gasteiger partial charge in [0.1, 0.15) is 6.61 Å². The molecule has 1 saturated heterocycles. The predicted molar refractivity (Wildman–Crippen MR) is 84.7 cm³/mol. The summed E-state index contributed by atoms with van der Waals surface area (Å²) in [6, 6.07) is 4.47. The van der Waals surface area contributed by atoms with Gasteiger partial charge in [-0.3, -0.25) is 9.78 Å². The van der Waals surface area contributed by atoms with E-state index in [2.05, 4.69) is 15.7 Å². The van der Waals surface area contributed by atoms with E-state index in [1.807, 2.05) is 23.2 Å². The molecule has 1 amide bonds. The number of fused-ring (bicyclic) bond motifs is 1. The average Bonchev–Trinajstić information content (AvgIpc) is 2.98. The van der Waals surface area contributed by atoms with Gasteiger partial charge >= 0.3 is 0 Å². The molecule has 2 aromatic rings. The summed E-state index contributed by atoms with van der Waals surface area (Å²) in [5.74, 6) is 0.0838. The Morgan fingerprint density at radius 1 is 1.48 bits per heavy atom. The number of ether oxygens (including phenoxy) is 1. The number of carbonyl (C=O) groups excluding carboxylic acids is 1. The van der Waals surface area contributed by atoms with Gasteiger partial charge in [-0.15, -0.1) is 11.3 Å². The molecule has 6 heteroatoms. The monoisotopic (exact) mass is 305 g/mol. The van der Waals surface area contributed by atoms with Gasteiger partial charge in [0.15, 0.2) is 0 Å². The van der Waals surface area contributed by atoms with Crippen molar-refractivity contribution in [2.75, 3.05) is 32.1 Å². The van der Waals surface area contributed by atoms with Crippen LogP contribution < -0.4 is 5.32 Å². The van der Waals surface area contributed by atoms with Gasteiger partial charge in [0.2, 0.25) is 5.91 Å². The van der Waals surface area contributed by atoms with E-state index in [0.717, 1.165) is 37.1 Å². The van der Waals surface area contributed by atoms with Crippen molar-refractivity contribution < 1.29 is 9.53 Å². The van der Waals surface area contributed by atoms with E-state index in [0.29, 0.717) is 6.04 Å². The fourth-order valence-electron chi connectivity index (χ4n) is 2.70. The second-order valence-electron chi connectivity index (χ2n) is 5.23. The summed E-state index contributed by atoms with van der Waals surface area (Å²) >= 11 is 1.71. The maximum Gasteiger partial charge on any atom is 0.248 e. The van der Waals surface area contributed by atoms with Crippen LogP contribution in [0.1, 0.15) is 12.8 Å². The molecule has 1 aliphatic heterocycles. The first-order chi connectivity index (χ1) is 10.3. The van der Waals surface area contributed by atoms with Crippen LogP contribution in [0.2, 0.25) is 0 Å². The minimum absolute atomic E-state index is 0.0838. The molecule has 0 aliphatic carbocycles. The van der Waals surface area contributed by atoms with E-state index in [-0.39, 0.29) is 12.5 Å². The summed E-state index contributed by atoms with van der Waals surface area (Å²) < 4.78 is 6.11. The van der Waals surface area contributed by atoms with Crippen molar-refractivity contribution >= 4 is 33.1 Å². The molecule has 1 aliphatic rings. The molecule has 3 heterocycles. The topological polar surface area (TPSA) is 54.5 Å². The van der Waals surface area contributed by atoms with Gasteiger partial charge in [-0.05, 0) is 30.4 Å². The third-order valence-electron chi connectivity index (χ3n) is 3.82. The van der Waals surface area contributed by atoms with E-state index in [9.17, 15) is 4.79 Å². The Bertz CT molecular complexity index is 620. The fraction of sp³-hybridized carbons (Fsp3) is 0.467. The highest BCUT2D eigenvalue weighted by molar-refractivity contribution is 7.17. The van der Waals surface area contributed by atoms with Crippen molar-refractivity contribution in [1.82, 2.24) is 9.88 Å². The molecule has 1 N–H and O–H groups in total. The molecule has 0 spiro atoms. The number of likely N-dealkylation sites (tertiary alicyclic amines) is 1. The molecule has 0 radical (unpaired) electrons. The first-order valence-electron chi connectivity index (χ1n) is 7.13. The van der Waals surface area contributed by atoms with Gasteiger partial charge in [-0.2, -0.15) is 0 Å². The number of amides is 1. The van der Waals surface area contributed by atoms with Gasteiger partial charge in [-0.1, -0.05) is 0 Å². The molecular weight excluding hydrogens is 286 g/mol. The average molecular weight is 305 g/mol. The highest BCUT2D eigenvalue weighted by Gasteiger charge is 2.22. The number of thiophene rings is 1. The number of hydrogen-bond acceptors (Lipinski definition) is 5. The van der Waals surface area contributed by atoms with Crippen LogP contribution >= 0.6 is 11.3 Å². The summed E-state index contributed by atoms with van der Waals surface area (Å²) in [5.41, 5.74) is 2.19. The molecule has 0 bridgehead atoms. The lowest BCUT2D eigenvalue weighted by atomic mass is 10.0. The summed E-state index contributed by atoms with van der Waals surface area (Å²) in [6.45, 7) is 1.76. The number of nitrogens with zero attached hydrogens (tertiary/aromatic N) is 2. The largest absolute Gasteiger partial charge is 0.381 e. The Morgan fingerprint density at radius 2 is 2.29 bits per heavy atom. The standard InChI is InChI=1S/C15H19N3O2S/c1-20-10-14(19)18-7-3-11(4-8-18)17-13-2-6-16-12-5-9-21-15(12)13/h2,5-6,9,11H,3-4,7-8,10H2,1H3,(H,16,17). The zero-order chi connectivity index (χ0) is 14.7. The highest BCUT2D eigenvalue weighted by atomic mass is 32.1. The number of methoxy groups -OCH3 is 1. The Morgan fingerprint density at radius 3 is 3.05 bits per heavy atom. The predicted octanol–water partition coefficient (Wildman–Crippen LogP) is 2.35. The van der Waals surface area contributed by atoms with Crippen LogP contribution in [0, 0.1) is 0 Å². The number of rotatable bonds is 4. The van der Waals surface area contributed by atoms with E-state index >= 15 is 0 Å². The van der Waals surface area contributed by atoms with Crippen molar-refractivity contribution in [3.05, 3.63) is 23.7 Å². The minimum atomic E-state index is 0.0838. The molecule has 0 atom stereocenters. The number of hydrogen-bond donors (Lipinski definition) is 1. The van der Waals surface area contributed by atoms with Crippen molar-refractivity contribution in [3.63, 3.8) is 0 Å². The molecule has 3 rings (SSSR count). The lowest BCUT2D eigenvalue weighted by Crippen LogP contribution is -2.43. The van der Waals surface area contributed by atoms with Crippen LogP contribution in [-0.2, 0) is 9.53 Å². The smallest absolute Gasteiger partial charge is 0.248 e. The van der Waals surface area contributed by atoms with Gasteiger partial charge in [0, 0.05) is 32.4 Å². The Hall–Kier alpha value is -1.66. The van der Waals surface area contributed by atoms with Gasteiger partial charge in [0.25, 0.3) is 0 Å². The number of nitrogens with one attached hydrogen (secondary N) is 1. The number of aromatic nitrogens is 1. The summed E-state index contributed by atoms with van der Waals surface area (Å²) in [5, 5.41) is 5.67. The van der Waals surface area contributed by atoms with Crippen LogP contribution in [0.4, 0.5) is 5.69 Å². The molecule has 112 valence electrons. The molecule has 0 unspecified atom stereocenters. The Labute approximate surface area is 127 Å². The quantitative estimate of drug-likeness (QED) is 0.942. The van der Waals surface area contributed by atoms with E-state index in [1.165, 1.54) is 4.70 Å². The van der Waals surface area contributed by atoms with Crippen molar-refractivity contribution in [1.29, 1.82) is 0 Å². The van der Waals surface area contributed by atoms with E-state index in [4.69, 9.17) is 4.74 Å². The molecule has 0 saturated carbocycles. The minimum Gasteiger partial charge on any atom is -0.381 e. The normalized spacial score (nSPS) is 16.3. The molecule has 5 nitrogen and oxygen atoms in total. The number of pyridine rings is 1. The van der Waals surface area contributed by atoms with Gasteiger partial charge in [0.05, 0.1) is 15.9 Å². The molecular formula is C15H19N3O2S. The first-order valence-corrected chi connectivity index (χ1v) is 8.01. The number of carbonyl (C=O) groups is 1. The molecule has 21 heavy (non-hydrogen) atoms. The second kappa shape index (κ2) is 6.41. The lowest BCUT2D eigenvalue weighted by Gasteiger charge is -2.32. The molecule has 1 fully saturated rings. The number of piperidine rings is 1. The lowest BCUT2D eigenvalue weighted by molar-refractivity contribution is -0.136. The third kappa shape index (κ3) is 3.16. The Kier molecular flexibility index (Phi) is 4.36. The van der Waals surface area contributed by atoms with Crippen LogP contribution in [0.5, 0.6) is 0 Å². The van der Waals surface area contributed by atoms with Crippen LogP contribution in [0.15, 0.2) is 23.7 Å². The first kappa shape index (κ1) is 14.3. The summed E-state index contributed by atoms with van der Waals surface area (Å²) in [4.78, 5) is 18.0. The van der Waals surface area contributed by atoms with Crippen LogP contribution in [-0.4, -0.2) is 48.6 Å². The maximum atomic E-state index is 11.8. The van der Waals surface area contributed by atoms with Crippen LogP contribution in [0.25, 0.3) is 10.2 Å². The van der Waals surface area contributed by atoms with Crippen molar-refractivity contribution in [2.24, 2.45) is 0 Å². The number of anilines is 1. The zero-order valence-corrected chi connectivity index (χ0v) is 12.9. The SMILES string of the molecule is COCC(=O)N1CCC(Nc2ccnc3ccsc23)CC1. The zero-order valence-electron chi connectivity index (χ0n) is 12.0. The van der Waals surface area contributed by atoms with E-state index < -0.39 is 0 Å². The Balaban J connectivity index is 1.60. The van der Waals surface area contributed by atoms with E-state index in [1.54, 1.807) is 18.4 Å². The van der Waals surface area contributed by atoms with Crippen molar-refractivity contribution in [3.8, 4) is 0 Å². The van der Waals surface area contributed by atoms with Crippen molar-refractivity contribution in [2.45, 2.75) is 18.9 Å².